The van der Waals surface area contributed by atoms with Gasteiger partial charge in [-0.15, -0.1) is 0 Å². The van der Waals surface area contributed by atoms with Crippen LogP contribution in [0.1, 0.15) is 19.4 Å². The minimum absolute atomic E-state index is 0.0611. The van der Waals surface area contributed by atoms with Gasteiger partial charge in [-0.25, -0.2) is 0 Å². The van der Waals surface area contributed by atoms with E-state index in [1.807, 2.05) is 26.0 Å². The largest absolute Gasteiger partial charge is 0.384 e. The lowest BCUT2D eigenvalue weighted by molar-refractivity contribution is -0.00113. The summed E-state index contributed by atoms with van der Waals surface area (Å²) >= 11 is 5.86. The number of hydrogen-bond acceptors (Lipinski definition) is 2. The van der Waals surface area contributed by atoms with Crippen molar-refractivity contribution < 1.29 is 5.11 Å². The number of hydrogen-bond donors (Lipinski definition) is 2. The fourth-order valence-corrected chi connectivity index (χ4v) is 1.63. The SMILES string of the molecule is CC(C)C(O)(CN)c1cccc(Cl)c1. The van der Waals surface area contributed by atoms with Crippen LogP contribution in [-0.4, -0.2) is 11.7 Å². The second-order valence-electron chi connectivity index (χ2n) is 3.79. The van der Waals surface area contributed by atoms with Gasteiger partial charge in [0.15, 0.2) is 0 Å². The van der Waals surface area contributed by atoms with Gasteiger partial charge in [-0.1, -0.05) is 37.6 Å². The summed E-state index contributed by atoms with van der Waals surface area (Å²) in [4.78, 5) is 0. The summed E-state index contributed by atoms with van der Waals surface area (Å²) in [6.45, 7) is 4.08. The molecule has 1 rings (SSSR count). The Kier molecular flexibility index (Phi) is 3.53. The molecule has 0 aliphatic carbocycles. The molecular weight excluding hydrogens is 198 g/mol. The molecule has 2 nitrogen and oxygen atoms in total. The molecule has 0 heterocycles. The Morgan fingerprint density at radius 2 is 2.14 bits per heavy atom. The summed E-state index contributed by atoms with van der Waals surface area (Å²) < 4.78 is 0. The molecule has 1 aromatic rings. The van der Waals surface area contributed by atoms with Gasteiger partial charge in [0.2, 0.25) is 0 Å². The summed E-state index contributed by atoms with van der Waals surface area (Å²) in [6, 6.07) is 7.20. The van der Waals surface area contributed by atoms with Crippen LogP contribution in [0.3, 0.4) is 0 Å². The average molecular weight is 214 g/mol. The maximum absolute atomic E-state index is 10.3. The quantitative estimate of drug-likeness (QED) is 0.808. The van der Waals surface area contributed by atoms with Gasteiger partial charge in [0.25, 0.3) is 0 Å². The van der Waals surface area contributed by atoms with E-state index >= 15 is 0 Å². The highest BCUT2D eigenvalue weighted by molar-refractivity contribution is 6.30. The zero-order valence-electron chi connectivity index (χ0n) is 8.50. The van der Waals surface area contributed by atoms with Crippen LogP contribution < -0.4 is 5.73 Å². The number of halogens is 1. The van der Waals surface area contributed by atoms with Gasteiger partial charge in [-0.2, -0.15) is 0 Å². The molecule has 0 amide bonds. The van der Waals surface area contributed by atoms with Crippen LogP contribution in [0.4, 0.5) is 0 Å². The number of nitrogens with two attached hydrogens (primary N) is 1. The topological polar surface area (TPSA) is 46.2 Å². The van der Waals surface area contributed by atoms with E-state index < -0.39 is 5.60 Å². The van der Waals surface area contributed by atoms with Crippen molar-refractivity contribution in [2.24, 2.45) is 11.7 Å². The molecule has 1 atom stereocenters. The van der Waals surface area contributed by atoms with E-state index in [1.54, 1.807) is 12.1 Å². The Balaban J connectivity index is 3.12. The monoisotopic (exact) mass is 213 g/mol. The zero-order valence-corrected chi connectivity index (χ0v) is 9.25. The van der Waals surface area contributed by atoms with Crippen LogP contribution >= 0.6 is 11.6 Å². The van der Waals surface area contributed by atoms with Crippen LogP contribution in [0.5, 0.6) is 0 Å². The molecule has 0 radical (unpaired) electrons. The van der Waals surface area contributed by atoms with Crippen LogP contribution in [-0.2, 0) is 5.60 Å². The van der Waals surface area contributed by atoms with Gasteiger partial charge in [-0.05, 0) is 23.6 Å². The summed E-state index contributed by atoms with van der Waals surface area (Å²) in [7, 11) is 0. The van der Waals surface area contributed by atoms with E-state index in [1.165, 1.54) is 0 Å². The first-order valence-corrected chi connectivity index (χ1v) is 5.07. The van der Waals surface area contributed by atoms with Crippen molar-refractivity contribution in [3.05, 3.63) is 34.9 Å². The van der Waals surface area contributed by atoms with Gasteiger partial charge < -0.3 is 10.8 Å². The zero-order chi connectivity index (χ0) is 10.8. The normalized spacial score (nSPS) is 15.6. The van der Waals surface area contributed by atoms with E-state index in [-0.39, 0.29) is 12.5 Å². The molecule has 0 saturated carbocycles. The minimum Gasteiger partial charge on any atom is -0.384 e. The minimum atomic E-state index is -0.981. The fourth-order valence-electron chi connectivity index (χ4n) is 1.44. The van der Waals surface area contributed by atoms with Crippen LogP contribution in [0.15, 0.2) is 24.3 Å². The molecule has 3 N–H and O–H groups in total. The molecule has 0 aliphatic heterocycles. The first kappa shape index (κ1) is 11.5. The molecule has 0 spiro atoms. The number of rotatable bonds is 3. The first-order chi connectivity index (χ1) is 6.50. The van der Waals surface area contributed by atoms with Crippen molar-refractivity contribution in [1.82, 2.24) is 0 Å². The fraction of sp³-hybridized carbons (Fsp3) is 0.455. The van der Waals surface area contributed by atoms with Gasteiger partial charge in [0, 0.05) is 11.6 Å². The highest BCUT2D eigenvalue weighted by Crippen LogP contribution is 2.29. The van der Waals surface area contributed by atoms with Crippen molar-refractivity contribution in [2.45, 2.75) is 19.4 Å². The van der Waals surface area contributed by atoms with Crippen LogP contribution in [0.2, 0.25) is 5.02 Å². The molecule has 78 valence electrons. The third-order valence-corrected chi connectivity index (χ3v) is 2.83. The first-order valence-electron chi connectivity index (χ1n) is 4.69. The Labute approximate surface area is 89.7 Å². The second kappa shape index (κ2) is 4.30. The summed E-state index contributed by atoms with van der Waals surface area (Å²) in [5.41, 5.74) is 5.40. The lowest BCUT2D eigenvalue weighted by Gasteiger charge is -2.31. The van der Waals surface area contributed by atoms with Crippen molar-refractivity contribution in [1.29, 1.82) is 0 Å². The van der Waals surface area contributed by atoms with Gasteiger partial charge in [0.1, 0.15) is 5.60 Å². The van der Waals surface area contributed by atoms with E-state index in [0.717, 1.165) is 5.56 Å². The Hall–Kier alpha value is -0.570. The highest BCUT2D eigenvalue weighted by atomic mass is 35.5. The molecule has 1 unspecified atom stereocenters. The van der Waals surface area contributed by atoms with E-state index in [9.17, 15) is 5.11 Å². The molecule has 0 saturated heterocycles. The molecule has 0 aliphatic rings. The third kappa shape index (κ3) is 2.08. The molecule has 14 heavy (non-hydrogen) atoms. The second-order valence-corrected chi connectivity index (χ2v) is 4.23. The Morgan fingerprint density at radius 1 is 1.50 bits per heavy atom. The molecule has 3 heteroatoms. The molecule has 0 fully saturated rings. The lowest BCUT2D eigenvalue weighted by Crippen LogP contribution is -2.39. The maximum atomic E-state index is 10.3. The maximum Gasteiger partial charge on any atom is 0.104 e. The molecule has 1 aromatic carbocycles. The summed E-state index contributed by atoms with van der Waals surface area (Å²) in [6.07, 6.45) is 0. The van der Waals surface area contributed by atoms with E-state index in [2.05, 4.69) is 0 Å². The van der Waals surface area contributed by atoms with Gasteiger partial charge in [0.05, 0.1) is 0 Å². The standard InChI is InChI=1S/C11H16ClNO/c1-8(2)11(14,7-13)9-4-3-5-10(12)6-9/h3-6,8,14H,7,13H2,1-2H3. The Morgan fingerprint density at radius 3 is 2.57 bits per heavy atom. The molecule has 0 aromatic heterocycles. The average Bonchev–Trinajstić information content (AvgIpc) is 2.16. The lowest BCUT2D eigenvalue weighted by atomic mass is 9.83. The van der Waals surface area contributed by atoms with Crippen LogP contribution in [0.25, 0.3) is 0 Å². The van der Waals surface area contributed by atoms with Crippen molar-refractivity contribution in [3.63, 3.8) is 0 Å². The van der Waals surface area contributed by atoms with Gasteiger partial charge in [-0.3, -0.25) is 0 Å². The van der Waals surface area contributed by atoms with E-state index in [4.69, 9.17) is 17.3 Å². The molecule has 0 bridgehead atoms. The van der Waals surface area contributed by atoms with Crippen molar-refractivity contribution in [3.8, 4) is 0 Å². The Bertz CT molecular complexity index is 314. The summed E-state index contributed by atoms with van der Waals surface area (Å²) in [5, 5.41) is 10.9. The smallest absolute Gasteiger partial charge is 0.104 e. The molecular formula is C11H16ClNO. The van der Waals surface area contributed by atoms with Crippen LogP contribution in [0, 0.1) is 5.92 Å². The predicted octanol–water partition coefficient (Wildman–Crippen LogP) is 2.14. The number of benzene rings is 1. The third-order valence-electron chi connectivity index (χ3n) is 2.59. The number of aliphatic hydroxyl groups is 1. The highest BCUT2D eigenvalue weighted by Gasteiger charge is 2.31. The van der Waals surface area contributed by atoms with E-state index in [0.29, 0.717) is 5.02 Å². The predicted molar refractivity (Wildman–Crippen MR) is 59.2 cm³/mol. The van der Waals surface area contributed by atoms with Crippen molar-refractivity contribution in [2.75, 3.05) is 6.54 Å². The van der Waals surface area contributed by atoms with Gasteiger partial charge >= 0.3 is 0 Å². The van der Waals surface area contributed by atoms with Crippen molar-refractivity contribution >= 4 is 11.6 Å². The summed E-state index contributed by atoms with van der Waals surface area (Å²) in [5.74, 6) is 0.0611.